The number of esters is 1. The Morgan fingerprint density at radius 2 is 2.08 bits per heavy atom. The van der Waals surface area contributed by atoms with Gasteiger partial charge in [-0.3, -0.25) is 0 Å². The van der Waals surface area contributed by atoms with Gasteiger partial charge < -0.3 is 14.4 Å². The van der Waals surface area contributed by atoms with Crippen LogP contribution in [0.4, 0.5) is 0 Å². The van der Waals surface area contributed by atoms with Gasteiger partial charge in [-0.15, -0.1) is 0 Å². The van der Waals surface area contributed by atoms with Crippen LogP contribution in [0.3, 0.4) is 0 Å². The van der Waals surface area contributed by atoms with Crippen LogP contribution in [-0.4, -0.2) is 51.3 Å². The van der Waals surface area contributed by atoms with E-state index in [-0.39, 0.29) is 18.7 Å². The molecule has 0 aliphatic heterocycles. The first-order valence-electron chi connectivity index (χ1n) is 3.89. The first kappa shape index (κ1) is 11.4. The van der Waals surface area contributed by atoms with Gasteiger partial charge in [-0.1, -0.05) is 0 Å². The lowest BCUT2D eigenvalue weighted by Crippen LogP contribution is -2.29. The number of carbonyl (C=O) groups excluding carboxylic acids is 1. The standard InChI is InChI=1S/C8H17NO3/c1-7(5-9(2)3)12-8(10)6-11-4/h7H,5-6H2,1-4H3/t7-/m0/s1. The highest BCUT2D eigenvalue weighted by Crippen LogP contribution is 1.93. The molecule has 0 spiro atoms. The normalized spacial score (nSPS) is 13.1. The highest BCUT2D eigenvalue weighted by atomic mass is 16.6. The van der Waals surface area contributed by atoms with Gasteiger partial charge in [-0.2, -0.15) is 0 Å². The highest BCUT2D eigenvalue weighted by Gasteiger charge is 2.09. The maximum absolute atomic E-state index is 10.9. The second-order valence-electron chi connectivity index (χ2n) is 3.00. The van der Waals surface area contributed by atoms with Crippen molar-refractivity contribution in [2.24, 2.45) is 0 Å². The van der Waals surface area contributed by atoms with Crippen LogP contribution in [0.15, 0.2) is 0 Å². The molecule has 0 bridgehead atoms. The fraction of sp³-hybridized carbons (Fsp3) is 0.875. The molecule has 1 atom stereocenters. The third kappa shape index (κ3) is 6.12. The quantitative estimate of drug-likeness (QED) is 0.557. The summed E-state index contributed by atoms with van der Waals surface area (Å²) < 4.78 is 9.62. The number of ether oxygens (including phenoxy) is 2. The van der Waals surface area contributed by atoms with Gasteiger partial charge in [0.2, 0.25) is 0 Å². The van der Waals surface area contributed by atoms with E-state index >= 15 is 0 Å². The summed E-state index contributed by atoms with van der Waals surface area (Å²) >= 11 is 0. The van der Waals surface area contributed by atoms with E-state index in [1.165, 1.54) is 7.11 Å². The van der Waals surface area contributed by atoms with Gasteiger partial charge in [-0.05, 0) is 21.0 Å². The van der Waals surface area contributed by atoms with Gasteiger partial charge in [0.25, 0.3) is 0 Å². The summed E-state index contributed by atoms with van der Waals surface area (Å²) in [7, 11) is 5.33. The van der Waals surface area contributed by atoms with Crippen LogP contribution in [0.1, 0.15) is 6.92 Å². The summed E-state index contributed by atoms with van der Waals surface area (Å²) in [5.41, 5.74) is 0. The lowest BCUT2D eigenvalue weighted by atomic mass is 10.4. The van der Waals surface area contributed by atoms with Crippen molar-refractivity contribution in [3.8, 4) is 0 Å². The molecule has 12 heavy (non-hydrogen) atoms. The Bertz CT molecular complexity index is 136. The fourth-order valence-electron chi connectivity index (χ4n) is 0.928. The number of hydrogen-bond donors (Lipinski definition) is 0. The van der Waals surface area contributed by atoms with Gasteiger partial charge in [0, 0.05) is 13.7 Å². The van der Waals surface area contributed by atoms with Crippen LogP contribution < -0.4 is 0 Å². The Balaban J connectivity index is 3.54. The van der Waals surface area contributed by atoms with E-state index < -0.39 is 0 Å². The molecule has 0 unspecified atom stereocenters. The molecule has 4 nitrogen and oxygen atoms in total. The van der Waals surface area contributed by atoms with E-state index in [1.807, 2.05) is 25.9 Å². The minimum atomic E-state index is -0.313. The van der Waals surface area contributed by atoms with E-state index in [0.29, 0.717) is 0 Å². The van der Waals surface area contributed by atoms with Crippen LogP contribution in [0.25, 0.3) is 0 Å². The number of likely N-dealkylation sites (N-methyl/N-ethyl adjacent to an activating group) is 1. The average Bonchev–Trinajstić information content (AvgIpc) is 1.84. The number of carbonyl (C=O) groups is 1. The maximum Gasteiger partial charge on any atom is 0.332 e. The molecular formula is C8H17NO3. The zero-order valence-corrected chi connectivity index (χ0v) is 8.16. The molecule has 0 radical (unpaired) electrons. The molecule has 0 aromatic carbocycles. The van der Waals surface area contributed by atoms with Crippen molar-refractivity contribution in [1.29, 1.82) is 0 Å². The maximum atomic E-state index is 10.9. The molecule has 0 amide bonds. The van der Waals surface area contributed by atoms with Gasteiger partial charge in [-0.25, -0.2) is 4.79 Å². The predicted octanol–water partition coefficient (Wildman–Crippen LogP) is 0.126. The Morgan fingerprint density at radius 3 is 2.50 bits per heavy atom. The third-order valence-corrected chi connectivity index (χ3v) is 1.22. The van der Waals surface area contributed by atoms with Gasteiger partial charge in [0.05, 0.1) is 0 Å². The zero-order chi connectivity index (χ0) is 9.56. The molecule has 0 heterocycles. The molecule has 0 aromatic rings. The Morgan fingerprint density at radius 1 is 1.50 bits per heavy atom. The first-order valence-corrected chi connectivity index (χ1v) is 3.89. The summed E-state index contributed by atoms with van der Waals surface area (Å²) in [6, 6.07) is 0. The van der Waals surface area contributed by atoms with Gasteiger partial charge >= 0.3 is 5.97 Å². The zero-order valence-electron chi connectivity index (χ0n) is 8.16. The van der Waals surface area contributed by atoms with E-state index in [2.05, 4.69) is 4.74 Å². The molecule has 4 heteroatoms. The molecule has 0 fully saturated rings. The van der Waals surface area contributed by atoms with Crippen molar-refractivity contribution >= 4 is 5.97 Å². The fourth-order valence-corrected chi connectivity index (χ4v) is 0.928. The smallest absolute Gasteiger partial charge is 0.332 e. The van der Waals surface area contributed by atoms with Crippen molar-refractivity contribution < 1.29 is 14.3 Å². The molecule has 0 aliphatic carbocycles. The second kappa shape index (κ2) is 5.97. The monoisotopic (exact) mass is 175 g/mol. The molecule has 0 saturated carbocycles. The van der Waals surface area contributed by atoms with E-state index in [4.69, 9.17) is 4.74 Å². The van der Waals surface area contributed by atoms with Crippen molar-refractivity contribution in [1.82, 2.24) is 4.90 Å². The molecule has 0 rings (SSSR count). The lowest BCUT2D eigenvalue weighted by Gasteiger charge is -2.17. The molecule has 72 valence electrons. The Labute approximate surface area is 73.4 Å². The molecule has 0 aromatic heterocycles. The number of rotatable bonds is 5. The lowest BCUT2D eigenvalue weighted by molar-refractivity contribution is -0.153. The summed E-state index contributed by atoms with van der Waals surface area (Å²) in [6.45, 7) is 2.61. The number of hydrogen-bond acceptors (Lipinski definition) is 4. The van der Waals surface area contributed by atoms with Crippen LogP contribution in [0.5, 0.6) is 0 Å². The highest BCUT2D eigenvalue weighted by molar-refractivity contribution is 5.70. The first-order chi connectivity index (χ1) is 5.56. The molecule has 0 N–H and O–H groups in total. The van der Waals surface area contributed by atoms with E-state index in [9.17, 15) is 4.79 Å². The van der Waals surface area contributed by atoms with Crippen molar-refractivity contribution in [2.75, 3.05) is 34.4 Å². The molecule has 0 saturated heterocycles. The average molecular weight is 175 g/mol. The Hall–Kier alpha value is -0.610. The summed E-state index contributed by atoms with van der Waals surface area (Å²) in [4.78, 5) is 12.8. The van der Waals surface area contributed by atoms with E-state index in [1.54, 1.807) is 0 Å². The SMILES string of the molecule is COCC(=O)O[C@@H](C)CN(C)C. The minimum absolute atomic E-state index is 0.0256. The number of methoxy groups -OCH3 is 1. The molecular weight excluding hydrogens is 158 g/mol. The van der Waals surface area contributed by atoms with Gasteiger partial charge in [0.1, 0.15) is 12.7 Å². The third-order valence-electron chi connectivity index (χ3n) is 1.22. The Kier molecular flexibility index (Phi) is 5.66. The van der Waals surface area contributed by atoms with Crippen LogP contribution >= 0.6 is 0 Å². The summed E-state index contributed by atoms with van der Waals surface area (Å²) in [5.74, 6) is -0.313. The summed E-state index contributed by atoms with van der Waals surface area (Å²) in [5, 5.41) is 0. The largest absolute Gasteiger partial charge is 0.460 e. The van der Waals surface area contributed by atoms with E-state index in [0.717, 1.165) is 6.54 Å². The minimum Gasteiger partial charge on any atom is -0.460 e. The van der Waals surface area contributed by atoms with Crippen LogP contribution in [-0.2, 0) is 14.3 Å². The van der Waals surface area contributed by atoms with Crippen LogP contribution in [0, 0.1) is 0 Å². The second-order valence-corrected chi connectivity index (χ2v) is 3.00. The van der Waals surface area contributed by atoms with Crippen molar-refractivity contribution in [2.45, 2.75) is 13.0 Å². The van der Waals surface area contributed by atoms with Gasteiger partial charge in [0.15, 0.2) is 0 Å². The van der Waals surface area contributed by atoms with Crippen molar-refractivity contribution in [3.05, 3.63) is 0 Å². The predicted molar refractivity (Wildman–Crippen MR) is 46.0 cm³/mol. The van der Waals surface area contributed by atoms with Crippen LogP contribution in [0.2, 0.25) is 0 Å². The van der Waals surface area contributed by atoms with Crippen molar-refractivity contribution in [3.63, 3.8) is 0 Å². The topological polar surface area (TPSA) is 38.8 Å². The molecule has 0 aliphatic rings. The summed E-state index contributed by atoms with van der Waals surface area (Å²) in [6.07, 6.45) is -0.0809. The number of nitrogens with zero attached hydrogens (tertiary/aromatic N) is 1.